The van der Waals surface area contributed by atoms with Crippen molar-refractivity contribution in [3.8, 4) is 11.5 Å². The molecule has 138 valence electrons. The van der Waals surface area contributed by atoms with Gasteiger partial charge in [0.25, 0.3) is 5.91 Å². The van der Waals surface area contributed by atoms with Crippen molar-refractivity contribution in [2.24, 2.45) is 5.10 Å². The minimum atomic E-state index is -0.253. The van der Waals surface area contributed by atoms with E-state index in [1.54, 1.807) is 26.5 Å². The van der Waals surface area contributed by atoms with Gasteiger partial charge in [0, 0.05) is 5.56 Å². The third-order valence-electron chi connectivity index (χ3n) is 3.85. The number of rotatable bonds is 5. The maximum Gasteiger partial charge on any atom is 0.271 e. The van der Waals surface area contributed by atoms with E-state index in [1.807, 2.05) is 30.3 Å². The lowest BCUT2D eigenvalue weighted by Gasteiger charge is -2.18. The van der Waals surface area contributed by atoms with Gasteiger partial charge in [0.05, 0.1) is 24.0 Å². The molecule has 0 radical (unpaired) electrons. The Labute approximate surface area is 167 Å². The average molecular weight is 466 g/mol. The summed E-state index contributed by atoms with van der Waals surface area (Å²) in [5.74, 6) is 1.04. The van der Waals surface area contributed by atoms with Crippen molar-refractivity contribution in [2.75, 3.05) is 14.2 Å². The first-order valence-electron chi connectivity index (χ1n) is 8.11. The van der Waals surface area contributed by atoms with E-state index >= 15 is 0 Å². The monoisotopic (exact) mass is 466 g/mol. The van der Waals surface area contributed by atoms with Crippen LogP contribution in [0.25, 0.3) is 0 Å². The number of carbonyl (C=O) groups excluding carboxylic acids is 1. The van der Waals surface area contributed by atoms with E-state index < -0.39 is 0 Å². The zero-order valence-electron chi connectivity index (χ0n) is 15.6. The van der Waals surface area contributed by atoms with Crippen LogP contribution in [0.1, 0.15) is 42.3 Å². The van der Waals surface area contributed by atoms with Gasteiger partial charge in [-0.15, -0.1) is 0 Å². The molecule has 0 fully saturated rings. The van der Waals surface area contributed by atoms with E-state index in [-0.39, 0.29) is 11.3 Å². The molecule has 0 unspecified atom stereocenters. The molecule has 0 heterocycles. The summed E-state index contributed by atoms with van der Waals surface area (Å²) in [5, 5.41) is 4.04. The van der Waals surface area contributed by atoms with Gasteiger partial charge in [0.2, 0.25) is 0 Å². The molecule has 5 nitrogen and oxygen atoms in total. The molecule has 1 amide bonds. The van der Waals surface area contributed by atoms with Crippen LogP contribution in [0.5, 0.6) is 11.5 Å². The number of halogens is 1. The van der Waals surface area contributed by atoms with Crippen molar-refractivity contribution in [3.05, 3.63) is 56.7 Å². The molecule has 0 aliphatic rings. The van der Waals surface area contributed by atoms with Crippen molar-refractivity contribution < 1.29 is 14.3 Å². The maximum absolute atomic E-state index is 12.2. The van der Waals surface area contributed by atoms with Crippen molar-refractivity contribution in [1.29, 1.82) is 0 Å². The second-order valence-corrected chi connectivity index (χ2v) is 7.93. The summed E-state index contributed by atoms with van der Waals surface area (Å²) in [6, 6.07) is 11.3. The van der Waals surface area contributed by atoms with Crippen molar-refractivity contribution in [1.82, 2.24) is 5.43 Å². The first-order chi connectivity index (χ1) is 12.3. The molecule has 2 rings (SSSR count). The zero-order valence-corrected chi connectivity index (χ0v) is 17.7. The van der Waals surface area contributed by atoms with Crippen LogP contribution in [0, 0.1) is 3.57 Å². The lowest BCUT2D eigenvalue weighted by atomic mass is 9.87. The number of hydrogen-bond acceptors (Lipinski definition) is 4. The van der Waals surface area contributed by atoms with Gasteiger partial charge in [0.15, 0.2) is 11.5 Å². The average Bonchev–Trinajstić information content (AvgIpc) is 2.60. The van der Waals surface area contributed by atoms with Crippen LogP contribution in [0.4, 0.5) is 0 Å². The van der Waals surface area contributed by atoms with Crippen molar-refractivity contribution >= 4 is 34.7 Å². The first-order valence-corrected chi connectivity index (χ1v) is 9.19. The Morgan fingerprint density at radius 2 is 1.77 bits per heavy atom. The van der Waals surface area contributed by atoms with Gasteiger partial charge >= 0.3 is 0 Å². The molecule has 1 N–H and O–H groups in total. The molecule has 0 aliphatic heterocycles. The molecular formula is C20H23IN2O3. The number of carbonyl (C=O) groups is 1. The lowest BCUT2D eigenvalue weighted by molar-refractivity contribution is 0.0955. The lowest BCUT2D eigenvalue weighted by Crippen LogP contribution is -2.18. The molecule has 0 spiro atoms. The van der Waals surface area contributed by atoms with E-state index in [2.05, 4.69) is 53.9 Å². The number of amides is 1. The minimum absolute atomic E-state index is 0.0533. The predicted molar refractivity (Wildman–Crippen MR) is 112 cm³/mol. The Hall–Kier alpha value is -2.09. The molecule has 6 heteroatoms. The number of ether oxygens (including phenoxy) is 2. The summed E-state index contributed by atoms with van der Waals surface area (Å²) in [5.41, 5.74) is 5.15. The second kappa shape index (κ2) is 8.53. The van der Waals surface area contributed by atoms with Crippen molar-refractivity contribution in [2.45, 2.75) is 26.2 Å². The molecule has 0 aliphatic carbocycles. The van der Waals surface area contributed by atoms with Crippen LogP contribution in [0.3, 0.4) is 0 Å². The van der Waals surface area contributed by atoms with Crippen LogP contribution >= 0.6 is 22.6 Å². The molecule has 2 aromatic rings. The third kappa shape index (κ3) is 4.97. The SMILES string of the molecule is COc1cc(/C=N\NC(=O)c2ccc(C(C)(C)C)cc2)cc(I)c1OC. The van der Waals surface area contributed by atoms with Gasteiger partial charge in [0.1, 0.15) is 0 Å². The normalized spacial score (nSPS) is 11.5. The van der Waals surface area contributed by atoms with Crippen molar-refractivity contribution in [3.63, 3.8) is 0 Å². The number of hydrogen-bond donors (Lipinski definition) is 1. The smallest absolute Gasteiger partial charge is 0.271 e. The summed E-state index contributed by atoms with van der Waals surface area (Å²) in [4.78, 5) is 12.2. The minimum Gasteiger partial charge on any atom is -0.493 e. The number of hydrazone groups is 1. The molecule has 2 aromatic carbocycles. The largest absolute Gasteiger partial charge is 0.493 e. The van der Waals surface area contributed by atoms with E-state index in [4.69, 9.17) is 9.47 Å². The Morgan fingerprint density at radius 3 is 2.31 bits per heavy atom. The molecule has 0 atom stereocenters. The quantitative estimate of drug-likeness (QED) is 0.405. The van der Waals surface area contributed by atoms with E-state index in [9.17, 15) is 4.79 Å². The van der Waals surface area contributed by atoms with Crippen LogP contribution in [0.2, 0.25) is 0 Å². The topological polar surface area (TPSA) is 59.9 Å². The summed E-state index contributed by atoms with van der Waals surface area (Å²) >= 11 is 2.16. The van der Waals surface area contributed by atoms with Crippen LogP contribution < -0.4 is 14.9 Å². The molecule has 0 saturated heterocycles. The number of benzene rings is 2. The standard InChI is InChI=1S/C20H23IN2O3/c1-20(2,3)15-8-6-14(7-9-15)19(24)23-22-12-13-10-16(21)18(26-5)17(11-13)25-4/h6-12H,1-5H3,(H,23,24)/b22-12-. The molecular weight excluding hydrogens is 443 g/mol. The first kappa shape index (κ1) is 20.2. The molecule has 0 aromatic heterocycles. The van der Waals surface area contributed by atoms with Gasteiger partial charge in [-0.2, -0.15) is 5.10 Å². The fourth-order valence-electron chi connectivity index (χ4n) is 2.36. The third-order valence-corrected chi connectivity index (χ3v) is 4.65. The highest BCUT2D eigenvalue weighted by molar-refractivity contribution is 14.1. The fraction of sp³-hybridized carbons (Fsp3) is 0.300. The zero-order chi connectivity index (χ0) is 19.3. The summed E-state index contributed by atoms with van der Waals surface area (Å²) in [7, 11) is 3.18. The summed E-state index contributed by atoms with van der Waals surface area (Å²) in [6.07, 6.45) is 1.57. The highest BCUT2D eigenvalue weighted by Crippen LogP contribution is 2.33. The summed E-state index contributed by atoms with van der Waals surface area (Å²) < 4.78 is 11.5. The number of nitrogens with one attached hydrogen (secondary N) is 1. The van der Waals surface area contributed by atoms with Crippen LogP contribution in [0.15, 0.2) is 41.5 Å². The number of methoxy groups -OCH3 is 2. The Kier molecular flexibility index (Phi) is 6.63. The van der Waals surface area contributed by atoms with Gasteiger partial charge in [-0.3, -0.25) is 4.79 Å². The maximum atomic E-state index is 12.2. The molecule has 0 bridgehead atoms. The predicted octanol–water partition coefficient (Wildman–Crippen LogP) is 4.37. The Morgan fingerprint density at radius 1 is 1.12 bits per heavy atom. The van der Waals surface area contributed by atoms with Gasteiger partial charge in [-0.25, -0.2) is 5.43 Å². The van der Waals surface area contributed by atoms with Crippen LogP contribution in [-0.2, 0) is 5.41 Å². The van der Waals surface area contributed by atoms with E-state index in [0.29, 0.717) is 17.1 Å². The van der Waals surface area contributed by atoms with Gasteiger partial charge < -0.3 is 9.47 Å². The molecule has 26 heavy (non-hydrogen) atoms. The molecule has 0 saturated carbocycles. The fourth-order valence-corrected chi connectivity index (χ4v) is 3.21. The Balaban J connectivity index is 2.08. The van der Waals surface area contributed by atoms with Gasteiger partial charge in [-0.05, 0) is 63.4 Å². The highest BCUT2D eigenvalue weighted by atomic mass is 127. The summed E-state index contributed by atoms with van der Waals surface area (Å²) in [6.45, 7) is 6.41. The number of nitrogens with zero attached hydrogens (tertiary/aromatic N) is 1. The van der Waals surface area contributed by atoms with Crippen LogP contribution in [-0.4, -0.2) is 26.3 Å². The van der Waals surface area contributed by atoms with E-state index in [0.717, 1.165) is 9.13 Å². The highest BCUT2D eigenvalue weighted by Gasteiger charge is 2.14. The van der Waals surface area contributed by atoms with Gasteiger partial charge in [-0.1, -0.05) is 32.9 Å². The van der Waals surface area contributed by atoms with E-state index in [1.165, 1.54) is 5.56 Å². The second-order valence-electron chi connectivity index (χ2n) is 6.76. The Bertz CT molecular complexity index is 809.